The summed E-state index contributed by atoms with van der Waals surface area (Å²) in [5.74, 6) is 0. The van der Waals surface area contributed by atoms with Crippen molar-refractivity contribution in [1.29, 1.82) is 0 Å². The van der Waals surface area contributed by atoms with Gasteiger partial charge in [0.15, 0.2) is 0 Å². The Morgan fingerprint density at radius 3 is 2.33 bits per heavy atom. The number of likely N-dealkylation sites (tertiary alicyclic amines) is 1. The number of ether oxygens (including phenoxy) is 1. The van der Waals surface area contributed by atoms with Crippen molar-refractivity contribution in [2.75, 3.05) is 6.54 Å². The van der Waals surface area contributed by atoms with Crippen molar-refractivity contribution in [3.8, 4) is 0 Å². The number of hydrogen-bond donors (Lipinski definition) is 0. The second-order valence-corrected chi connectivity index (χ2v) is 6.62. The first kappa shape index (κ1) is 15.0. The number of rotatable bonds is 2. The number of hydrogen-bond acceptors (Lipinski definition) is 3. The molecule has 0 aromatic carbocycles. The van der Waals surface area contributed by atoms with Crippen LogP contribution < -0.4 is 0 Å². The van der Waals surface area contributed by atoms with E-state index in [1.165, 1.54) is 0 Å². The Kier molecular flexibility index (Phi) is 4.41. The molecule has 1 atom stereocenters. The molecule has 4 nitrogen and oxygen atoms in total. The van der Waals surface area contributed by atoms with Gasteiger partial charge >= 0.3 is 6.09 Å². The summed E-state index contributed by atoms with van der Waals surface area (Å²) in [6.07, 6.45) is 3.54. The van der Waals surface area contributed by atoms with E-state index in [0.717, 1.165) is 25.5 Å². The normalized spacial score (nSPS) is 21.6. The molecule has 0 radical (unpaired) electrons. The third kappa shape index (κ3) is 3.72. The summed E-state index contributed by atoms with van der Waals surface area (Å²) in [6.45, 7) is 10.0. The maximum absolute atomic E-state index is 12.2. The van der Waals surface area contributed by atoms with Crippen molar-refractivity contribution in [3.05, 3.63) is 0 Å². The van der Waals surface area contributed by atoms with E-state index in [-0.39, 0.29) is 12.1 Å². The molecule has 1 aliphatic rings. The van der Waals surface area contributed by atoms with Gasteiger partial charge in [0.25, 0.3) is 0 Å². The molecule has 1 aliphatic heterocycles. The Bertz CT molecular complexity index is 317. The molecule has 0 aromatic rings. The molecular weight excluding hydrogens is 230 g/mol. The molecule has 1 rings (SSSR count). The van der Waals surface area contributed by atoms with Gasteiger partial charge in [-0.1, -0.05) is 13.8 Å². The summed E-state index contributed by atoms with van der Waals surface area (Å²) in [5, 5.41) is 0. The van der Waals surface area contributed by atoms with E-state index in [4.69, 9.17) is 4.74 Å². The zero-order chi connectivity index (χ0) is 14.0. The first-order chi connectivity index (χ1) is 8.17. The summed E-state index contributed by atoms with van der Waals surface area (Å²) in [7, 11) is 0. The lowest BCUT2D eigenvalue weighted by molar-refractivity contribution is -0.118. The molecule has 0 saturated carbocycles. The zero-order valence-electron chi connectivity index (χ0n) is 12.2. The molecule has 0 spiro atoms. The first-order valence-electron chi connectivity index (χ1n) is 6.63. The van der Waals surface area contributed by atoms with Gasteiger partial charge in [-0.05, 0) is 40.0 Å². The summed E-state index contributed by atoms with van der Waals surface area (Å²) in [5.41, 5.74) is -1.01. The number of carbonyl (C=O) groups is 2. The molecule has 0 N–H and O–H groups in total. The van der Waals surface area contributed by atoms with Crippen LogP contribution in [-0.2, 0) is 9.53 Å². The predicted octanol–water partition coefficient (Wildman–Crippen LogP) is 3.00. The maximum Gasteiger partial charge on any atom is 0.410 e. The minimum absolute atomic E-state index is 0.0569. The standard InChI is InChI=1S/C14H25NO3/c1-13(2,3)18-12(17)15-9-7-6-8-11(15)14(4,5)10-16/h10-11H,6-9H2,1-5H3. The second kappa shape index (κ2) is 5.29. The van der Waals surface area contributed by atoms with E-state index in [9.17, 15) is 9.59 Å². The summed E-state index contributed by atoms with van der Waals surface area (Å²) >= 11 is 0. The smallest absolute Gasteiger partial charge is 0.410 e. The Labute approximate surface area is 110 Å². The minimum Gasteiger partial charge on any atom is -0.444 e. The van der Waals surface area contributed by atoms with Crippen molar-refractivity contribution < 1.29 is 14.3 Å². The second-order valence-electron chi connectivity index (χ2n) is 6.62. The molecule has 0 aliphatic carbocycles. The molecule has 0 bridgehead atoms. The molecule has 104 valence electrons. The Morgan fingerprint density at radius 1 is 1.22 bits per heavy atom. The van der Waals surface area contributed by atoms with Gasteiger partial charge in [0.05, 0.1) is 0 Å². The third-order valence-electron chi connectivity index (χ3n) is 3.29. The highest BCUT2D eigenvalue weighted by Gasteiger charge is 2.39. The van der Waals surface area contributed by atoms with Crippen LogP contribution in [0.2, 0.25) is 0 Å². The van der Waals surface area contributed by atoms with Crippen molar-refractivity contribution in [1.82, 2.24) is 4.90 Å². The van der Waals surface area contributed by atoms with Crippen LogP contribution in [0.4, 0.5) is 4.79 Å². The Hall–Kier alpha value is -1.06. The van der Waals surface area contributed by atoms with E-state index < -0.39 is 11.0 Å². The molecule has 18 heavy (non-hydrogen) atoms. The fourth-order valence-corrected chi connectivity index (χ4v) is 2.32. The number of carbonyl (C=O) groups excluding carboxylic acids is 2. The highest BCUT2D eigenvalue weighted by atomic mass is 16.6. The first-order valence-corrected chi connectivity index (χ1v) is 6.63. The van der Waals surface area contributed by atoms with E-state index in [0.29, 0.717) is 6.54 Å². The van der Waals surface area contributed by atoms with Gasteiger partial charge in [-0.25, -0.2) is 4.79 Å². The van der Waals surface area contributed by atoms with Crippen LogP contribution in [0.15, 0.2) is 0 Å². The van der Waals surface area contributed by atoms with Crippen molar-refractivity contribution in [2.24, 2.45) is 5.41 Å². The topological polar surface area (TPSA) is 46.6 Å². The van der Waals surface area contributed by atoms with E-state index >= 15 is 0 Å². The molecule has 1 fully saturated rings. The van der Waals surface area contributed by atoms with Crippen LogP contribution in [0, 0.1) is 5.41 Å². The number of nitrogens with zero attached hydrogens (tertiary/aromatic N) is 1. The Morgan fingerprint density at radius 2 is 1.83 bits per heavy atom. The van der Waals surface area contributed by atoms with Crippen LogP contribution >= 0.6 is 0 Å². The van der Waals surface area contributed by atoms with Crippen LogP contribution in [0.1, 0.15) is 53.9 Å². The monoisotopic (exact) mass is 255 g/mol. The van der Waals surface area contributed by atoms with Crippen LogP contribution in [0.3, 0.4) is 0 Å². The van der Waals surface area contributed by atoms with Gasteiger partial charge in [-0.2, -0.15) is 0 Å². The molecule has 1 amide bonds. The lowest BCUT2D eigenvalue weighted by Gasteiger charge is -2.42. The predicted molar refractivity (Wildman–Crippen MR) is 70.4 cm³/mol. The van der Waals surface area contributed by atoms with Gasteiger partial charge < -0.3 is 14.4 Å². The fraction of sp³-hybridized carbons (Fsp3) is 0.857. The summed E-state index contributed by atoms with van der Waals surface area (Å²) in [6, 6.07) is -0.0569. The van der Waals surface area contributed by atoms with E-state index in [1.807, 2.05) is 34.6 Å². The van der Waals surface area contributed by atoms with E-state index in [1.54, 1.807) is 4.90 Å². The highest BCUT2D eigenvalue weighted by molar-refractivity contribution is 5.70. The van der Waals surface area contributed by atoms with Crippen molar-refractivity contribution in [3.63, 3.8) is 0 Å². The van der Waals surface area contributed by atoms with Gasteiger partial charge in [0, 0.05) is 18.0 Å². The van der Waals surface area contributed by atoms with Crippen molar-refractivity contribution >= 4 is 12.4 Å². The molecule has 1 unspecified atom stereocenters. The average Bonchev–Trinajstić information content (AvgIpc) is 2.27. The van der Waals surface area contributed by atoms with Crippen LogP contribution in [0.25, 0.3) is 0 Å². The summed E-state index contributed by atoms with van der Waals surface area (Å²) in [4.78, 5) is 25.1. The van der Waals surface area contributed by atoms with Crippen molar-refractivity contribution in [2.45, 2.75) is 65.5 Å². The largest absolute Gasteiger partial charge is 0.444 e. The van der Waals surface area contributed by atoms with Gasteiger partial charge in [0.2, 0.25) is 0 Å². The lowest BCUT2D eigenvalue weighted by atomic mass is 9.80. The maximum atomic E-state index is 12.2. The van der Waals surface area contributed by atoms with Gasteiger partial charge in [-0.15, -0.1) is 0 Å². The zero-order valence-corrected chi connectivity index (χ0v) is 12.2. The van der Waals surface area contributed by atoms with Crippen LogP contribution in [0.5, 0.6) is 0 Å². The fourth-order valence-electron chi connectivity index (χ4n) is 2.32. The van der Waals surface area contributed by atoms with Gasteiger partial charge in [-0.3, -0.25) is 0 Å². The number of piperidine rings is 1. The number of amides is 1. The van der Waals surface area contributed by atoms with E-state index in [2.05, 4.69) is 0 Å². The third-order valence-corrected chi connectivity index (χ3v) is 3.29. The SMILES string of the molecule is CC(C)(C)OC(=O)N1CCCCC1C(C)(C)C=O. The van der Waals surface area contributed by atoms with Gasteiger partial charge in [0.1, 0.15) is 11.9 Å². The quantitative estimate of drug-likeness (QED) is 0.713. The average molecular weight is 255 g/mol. The molecule has 1 heterocycles. The lowest BCUT2D eigenvalue weighted by Crippen LogP contribution is -2.52. The summed E-state index contributed by atoms with van der Waals surface area (Å²) < 4.78 is 5.42. The number of aldehydes is 1. The molecule has 4 heteroatoms. The molecular formula is C14H25NO3. The minimum atomic E-state index is -0.517. The molecule has 1 saturated heterocycles. The van der Waals surface area contributed by atoms with Crippen LogP contribution in [-0.4, -0.2) is 35.5 Å². The molecule has 0 aromatic heterocycles. The Balaban J connectivity index is 2.83. The highest BCUT2D eigenvalue weighted by Crippen LogP contribution is 2.31.